The van der Waals surface area contributed by atoms with Crippen molar-refractivity contribution >= 4 is 0 Å². The minimum Gasteiger partial charge on any atom is -0.380 e. The lowest BCUT2D eigenvalue weighted by Gasteiger charge is -2.29. The average molecular weight is 246 g/mol. The number of nitrogens with one attached hydrogen (secondary N) is 1. The zero-order chi connectivity index (χ0) is 12.5. The maximum Gasteiger partial charge on any atom is 0.0710 e. The van der Waals surface area contributed by atoms with Crippen LogP contribution in [0.2, 0.25) is 0 Å². The Morgan fingerprint density at radius 3 is 2.89 bits per heavy atom. The molecule has 0 saturated carbocycles. The number of hydrogen-bond acceptors (Lipinski definition) is 3. The number of methoxy groups -OCH3 is 1. The van der Waals surface area contributed by atoms with E-state index in [1.165, 1.54) is 17.5 Å². The van der Waals surface area contributed by atoms with E-state index in [1.54, 1.807) is 0 Å². The molecule has 0 spiro atoms. The molecule has 1 saturated heterocycles. The molecular weight excluding hydrogens is 224 g/mol. The summed E-state index contributed by atoms with van der Waals surface area (Å²) in [5.41, 5.74) is 2.98. The van der Waals surface area contributed by atoms with E-state index in [2.05, 4.69) is 41.5 Å². The van der Waals surface area contributed by atoms with Gasteiger partial charge in [0.15, 0.2) is 0 Å². The predicted molar refractivity (Wildman–Crippen MR) is 72.7 cm³/mol. The van der Waals surface area contributed by atoms with E-state index in [0.717, 1.165) is 19.5 Å². The molecule has 2 aliphatic rings. The Morgan fingerprint density at radius 2 is 2.17 bits per heavy atom. The predicted octanol–water partition coefficient (Wildman–Crippen LogP) is 1.59. The van der Waals surface area contributed by atoms with Crippen LogP contribution in [0.1, 0.15) is 23.6 Å². The molecule has 1 aromatic carbocycles. The lowest BCUT2D eigenvalue weighted by atomic mass is 10.1. The van der Waals surface area contributed by atoms with Crippen LogP contribution in [0, 0.1) is 0 Å². The van der Waals surface area contributed by atoms with Crippen LogP contribution in [0.15, 0.2) is 24.3 Å². The maximum absolute atomic E-state index is 5.48. The molecule has 0 radical (unpaired) electrons. The highest BCUT2D eigenvalue weighted by Gasteiger charge is 2.38. The summed E-state index contributed by atoms with van der Waals surface area (Å²) in [6, 6.07) is 9.89. The Hall–Kier alpha value is -0.900. The van der Waals surface area contributed by atoms with E-state index in [-0.39, 0.29) is 0 Å². The normalized spacial score (nSPS) is 31.8. The third-order valence-corrected chi connectivity index (χ3v) is 4.49. The molecule has 3 heteroatoms. The second-order valence-corrected chi connectivity index (χ2v) is 5.38. The number of nitrogens with zero attached hydrogens (tertiary/aromatic N) is 1. The van der Waals surface area contributed by atoms with Crippen molar-refractivity contribution in [1.29, 1.82) is 0 Å². The monoisotopic (exact) mass is 246 g/mol. The zero-order valence-electron chi connectivity index (χ0n) is 11.2. The highest BCUT2D eigenvalue weighted by Crippen LogP contribution is 2.35. The molecule has 3 rings (SSSR count). The smallest absolute Gasteiger partial charge is 0.0710 e. The fraction of sp³-hybridized carbons (Fsp3) is 0.600. The summed E-state index contributed by atoms with van der Waals surface area (Å²) in [5.74, 6) is 0. The van der Waals surface area contributed by atoms with Gasteiger partial charge in [-0.05, 0) is 31.0 Å². The van der Waals surface area contributed by atoms with Crippen LogP contribution >= 0.6 is 0 Å². The molecule has 1 aromatic rings. The van der Waals surface area contributed by atoms with E-state index in [0.29, 0.717) is 18.2 Å². The van der Waals surface area contributed by atoms with Crippen molar-refractivity contribution in [2.75, 3.05) is 27.2 Å². The van der Waals surface area contributed by atoms with Crippen molar-refractivity contribution in [1.82, 2.24) is 10.2 Å². The van der Waals surface area contributed by atoms with Gasteiger partial charge in [-0.1, -0.05) is 24.3 Å². The van der Waals surface area contributed by atoms with E-state index in [1.807, 2.05) is 7.11 Å². The summed E-state index contributed by atoms with van der Waals surface area (Å²) in [6.07, 6.45) is 2.75. The molecule has 0 bridgehead atoms. The van der Waals surface area contributed by atoms with E-state index >= 15 is 0 Å². The van der Waals surface area contributed by atoms with Crippen LogP contribution in [0.5, 0.6) is 0 Å². The van der Waals surface area contributed by atoms with Gasteiger partial charge >= 0.3 is 0 Å². The zero-order valence-corrected chi connectivity index (χ0v) is 11.2. The lowest BCUT2D eigenvalue weighted by Crippen LogP contribution is -2.41. The van der Waals surface area contributed by atoms with Crippen molar-refractivity contribution in [2.45, 2.75) is 31.0 Å². The van der Waals surface area contributed by atoms with Gasteiger partial charge in [-0.15, -0.1) is 0 Å². The number of hydrogen-bond donors (Lipinski definition) is 1. The summed E-state index contributed by atoms with van der Waals surface area (Å²) in [6.45, 7) is 2.24. The molecule has 98 valence electrons. The third kappa shape index (κ3) is 1.96. The highest BCUT2D eigenvalue weighted by molar-refractivity contribution is 5.37. The number of rotatable bonds is 3. The quantitative estimate of drug-likeness (QED) is 0.876. The molecule has 0 amide bonds. The summed E-state index contributed by atoms with van der Waals surface area (Å²) in [5, 5.41) is 3.50. The van der Waals surface area contributed by atoms with Crippen molar-refractivity contribution in [3.05, 3.63) is 35.4 Å². The van der Waals surface area contributed by atoms with Gasteiger partial charge in [0.1, 0.15) is 0 Å². The fourth-order valence-corrected chi connectivity index (χ4v) is 3.51. The molecule has 1 fully saturated rings. The minimum atomic E-state index is 0.422. The second-order valence-electron chi connectivity index (χ2n) is 5.38. The van der Waals surface area contributed by atoms with Crippen molar-refractivity contribution in [3.63, 3.8) is 0 Å². The number of likely N-dealkylation sites (tertiary alicyclic amines) is 1. The van der Waals surface area contributed by atoms with E-state index < -0.39 is 0 Å². The maximum atomic E-state index is 5.48. The van der Waals surface area contributed by atoms with Crippen LogP contribution in [-0.4, -0.2) is 44.3 Å². The van der Waals surface area contributed by atoms with E-state index in [9.17, 15) is 0 Å². The molecule has 3 atom stereocenters. The number of ether oxygens (including phenoxy) is 1. The Labute approximate surface area is 109 Å². The molecular formula is C15H22N2O. The standard InChI is InChI=1S/C15H22N2O/c1-16-15-13-6-4-3-5-11(13)9-14(15)17-8-7-12(10-17)18-2/h3-6,12,14-16H,7-10H2,1-2H3. The summed E-state index contributed by atoms with van der Waals surface area (Å²) < 4.78 is 5.48. The van der Waals surface area contributed by atoms with E-state index in [4.69, 9.17) is 4.74 Å². The molecule has 1 N–H and O–H groups in total. The Morgan fingerprint density at radius 1 is 1.33 bits per heavy atom. The largest absolute Gasteiger partial charge is 0.380 e. The van der Waals surface area contributed by atoms with Crippen molar-refractivity contribution in [2.24, 2.45) is 0 Å². The lowest BCUT2D eigenvalue weighted by molar-refractivity contribution is 0.0974. The Bertz CT molecular complexity index is 421. The fourth-order valence-electron chi connectivity index (χ4n) is 3.51. The first-order chi connectivity index (χ1) is 8.83. The number of likely N-dealkylation sites (N-methyl/N-ethyl adjacent to an activating group) is 1. The first kappa shape index (κ1) is 12.2. The van der Waals surface area contributed by atoms with Crippen LogP contribution < -0.4 is 5.32 Å². The molecule has 0 aromatic heterocycles. The Balaban J connectivity index is 1.79. The van der Waals surface area contributed by atoms with Crippen LogP contribution in [0.25, 0.3) is 0 Å². The minimum absolute atomic E-state index is 0.422. The Kier molecular flexibility index (Phi) is 3.37. The number of fused-ring (bicyclic) bond motifs is 1. The van der Waals surface area contributed by atoms with Gasteiger partial charge in [-0.25, -0.2) is 0 Å². The first-order valence-corrected chi connectivity index (χ1v) is 6.85. The van der Waals surface area contributed by atoms with Crippen molar-refractivity contribution < 1.29 is 4.74 Å². The molecule has 3 unspecified atom stereocenters. The van der Waals surface area contributed by atoms with Crippen LogP contribution in [0.4, 0.5) is 0 Å². The van der Waals surface area contributed by atoms with Gasteiger partial charge in [0.25, 0.3) is 0 Å². The van der Waals surface area contributed by atoms with Gasteiger partial charge in [-0.2, -0.15) is 0 Å². The molecule has 3 nitrogen and oxygen atoms in total. The first-order valence-electron chi connectivity index (χ1n) is 6.85. The number of benzene rings is 1. The van der Waals surface area contributed by atoms with Gasteiger partial charge < -0.3 is 10.1 Å². The molecule has 1 aliphatic heterocycles. The highest BCUT2D eigenvalue weighted by atomic mass is 16.5. The van der Waals surface area contributed by atoms with Gasteiger partial charge in [0.2, 0.25) is 0 Å². The SMILES string of the molecule is CNC1c2ccccc2CC1N1CCC(OC)C1. The van der Waals surface area contributed by atoms with Gasteiger partial charge in [-0.3, -0.25) is 4.90 Å². The average Bonchev–Trinajstić information content (AvgIpc) is 3.02. The molecule has 1 aliphatic carbocycles. The van der Waals surface area contributed by atoms with Crippen molar-refractivity contribution in [3.8, 4) is 0 Å². The topological polar surface area (TPSA) is 24.5 Å². The van der Waals surface area contributed by atoms with Crippen LogP contribution in [0.3, 0.4) is 0 Å². The molecule has 18 heavy (non-hydrogen) atoms. The second kappa shape index (κ2) is 5.00. The summed E-state index contributed by atoms with van der Waals surface area (Å²) in [4.78, 5) is 2.59. The van der Waals surface area contributed by atoms with Crippen LogP contribution in [-0.2, 0) is 11.2 Å². The van der Waals surface area contributed by atoms with Gasteiger partial charge in [0, 0.05) is 32.3 Å². The summed E-state index contributed by atoms with van der Waals surface area (Å²) in [7, 11) is 3.90. The molecule has 1 heterocycles. The third-order valence-electron chi connectivity index (χ3n) is 4.49. The summed E-state index contributed by atoms with van der Waals surface area (Å²) >= 11 is 0. The van der Waals surface area contributed by atoms with Gasteiger partial charge in [0.05, 0.1) is 6.10 Å².